The normalized spacial score (nSPS) is 10.8. The molecule has 0 aliphatic heterocycles. The molecule has 2 rings (SSSR count). The minimum Gasteiger partial charge on any atom is -0.456 e. The summed E-state index contributed by atoms with van der Waals surface area (Å²) in [4.78, 5) is 15.2. The highest BCUT2D eigenvalue weighted by molar-refractivity contribution is 5.87. The molecule has 0 N–H and O–H groups in total. The van der Waals surface area contributed by atoms with Gasteiger partial charge < -0.3 is 4.74 Å². The molecular weight excluding hydrogens is 297 g/mol. The fourth-order valence-electron chi connectivity index (χ4n) is 1.65. The molecule has 0 aliphatic carbocycles. The number of halogens is 3. The Morgan fingerprint density at radius 1 is 1.23 bits per heavy atom. The highest BCUT2D eigenvalue weighted by atomic mass is 19.4. The zero-order valence-corrected chi connectivity index (χ0v) is 11.1. The Labute approximate surface area is 123 Å². The van der Waals surface area contributed by atoms with Crippen molar-refractivity contribution in [1.82, 2.24) is 4.98 Å². The van der Waals surface area contributed by atoms with Gasteiger partial charge in [0.2, 0.25) is 0 Å². The van der Waals surface area contributed by atoms with Crippen molar-refractivity contribution in [2.45, 2.75) is 12.8 Å². The molecule has 1 aromatic carbocycles. The SMILES string of the molecule is N#Cc1ccccc1COC(=O)c1ccc(C(F)(F)F)cn1. The quantitative estimate of drug-likeness (QED) is 0.816. The first-order valence-electron chi connectivity index (χ1n) is 6.10. The van der Waals surface area contributed by atoms with Crippen LogP contribution in [0.15, 0.2) is 42.6 Å². The molecule has 4 nitrogen and oxygen atoms in total. The summed E-state index contributed by atoms with van der Waals surface area (Å²) in [6.45, 7) is -0.161. The van der Waals surface area contributed by atoms with E-state index in [-0.39, 0.29) is 12.3 Å². The monoisotopic (exact) mass is 306 g/mol. The van der Waals surface area contributed by atoms with Crippen LogP contribution in [-0.4, -0.2) is 11.0 Å². The molecular formula is C15H9F3N2O2. The summed E-state index contributed by atoms with van der Waals surface area (Å²) in [7, 11) is 0. The van der Waals surface area contributed by atoms with Gasteiger partial charge in [-0.1, -0.05) is 18.2 Å². The summed E-state index contributed by atoms with van der Waals surface area (Å²) in [5, 5.41) is 8.90. The van der Waals surface area contributed by atoms with Crippen LogP contribution in [0.25, 0.3) is 0 Å². The summed E-state index contributed by atoms with van der Waals surface area (Å²) in [6, 6.07) is 10.2. The predicted molar refractivity (Wildman–Crippen MR) is 69.5 cm³/mol. The van der Waals surface area contributed by atoms with Crippen LogP contribution >= 0.6 is 0 Å². The largest absolute Gasteiger partial charge is 0.456 e. The number of pyridine rings is 1. The van der Waals surface area contributed by atoms with Gasteiger partial charge in [-0.3, -0.25) is 0 Å². The lowest BCUT2D eigenvalue weighted by Gasteiger charge is -2.08. The van der Waals surface area contributed by atoms with E-state index >= 15 is 0 Å². The van der Waals surface area contributed by atoms with E-state index in [1.54, 1.807) is 24.3 Å². The lowest BCUT2D eigenvalue weighted by atomic mass is 10.1. The molecule has 0 atom stereocenters. The fraction of sp³-hybridized carbons (Fsp3) is 0.133. The minimum absolute atomic E-state index is 0.161. The Balaban J connectivity index is 2.05. The van der Waals surface area contributed by atoms with Crippen molar-refractivity contribution in [3.8, 4) is 6.07 Å². The Morgan fingerprint density at radius 2 is 1.95 bits per heavy atom. The van der Waals surface area contributed by atoms with E-state index in [9.17, 15) is 18.0 Å². The lowest BCUT2D eigenvalue weighted by molar-refractivity contribution is -0.137. The highest BCUT2D eigenvalue weighted by Crippen LogP contribution is 2.28. The predicted octanol–water partition coefficient (Wildman–Crippen LogP) is 3.33. The van der Waals surface area contributed by atoms with Crippen LogP contribution < -0.4 is 0 Å². The van der Waals surface area contributed by atoms with Gasteiger partial charge in [-0.2, -0.15) is 18.4 Å². The van der Waals surface area contributed by atoms with Gasteiger partial charge in [0.25, 0.3) is 0 Å². The van der Waals surface area contributed by atoms with Gasteiger partial charge >= 0.3 is 12.1 Å². The molecule has 0 amide bonds. The number of hydrogen-bond donors (Lipinski definition) is 0. The molecule has 0 fully saturated rings. The van der Waals surface area contributed by atoms with E-state index < -0.39 is 17.7 Å². The van der Waals surface area contributed by atoms with Crippen molar-refractivity contribution in [2.24, 2.45) is 0 Å². The van der Waals surface area contributed by atoms with E-state index in [1.807, 2.05) is 6.07 Å². The van der Waals surface area contributed by atoms with Crippen molar-refractivity contribution in [1.29, 1.82) is 5.26 Å². The number of ether oxygens (including phenoxy) is 1. The molecule has 7 heteroatoms. The third-order valence-corrected chi connectivity index (χ3v) is 2.80. The van der Waals surface area contributed by atoms with Gasteiger partial charge in [-0.05, 0) is 18.2 Å². The summed E-state index contributed by atoms with van der Waals surface area (Å²) in [5.41, 5.74) is -0.317. The fourth-order valence-corrected chi connectivity index (χ4v) is 1.65. The van der Waals surface area contributed by atoms with Gasteiger partial charge in [-0.25, -0.2) is 9.78 Å². The average Bonchev–Trinajstić information content (AvgIpc) is 2.52. The number of carbonyl (C=O) groups is 1. The molecule has 112 valence electrons. The molecule has 0 radical (unpaired) electrons. The first kappa shape index (κ1) is 15.5. The maximum absolute atomic E-state index is 12.4. The van der Waals surface area contributed by atoms with Gasteiger partial charge in [-0.15, -0.1) is 0 Å². The summed E-state index contributed by atoms with van der Waals surface area (Å²) in [6.07, 6.45) is -3.94. The van der Waals surface area contributed by atoms with Crippen molar-refractivity contribution in [3.05, 3.63) is 65.0 Å². The number of carbonyl (C=O) groups excluding carboxylic acids is 1. The standard InChI is InChI=1S/C15H9F3N2O2/c16-15(17,18)12-5-6-13(20-8-12)14(21)22-9-11-4-2-1-3-10(11)7-19/h1-6,8H,9H2. The number of nitrogens with zero attached hydrogens (tertiary/aromatic N) is 2. The zero-order valence-electron chi connectivity index (χ0n) is 11.1. The number of alkyl halides is 3. The third-order valence-electron chi connectivity index (χ3n) is 2.80. The molecule has 2 aromatic rings. The highest BCUT2D eigenvalue weighted by Gasteiger charge is 2.31. The van der Waals surface area contributed by atoms with Gasteiger partial charge in [0.1, 0.15) is 12.3 Å². The van der Waals surface area contributed by atoms with Gasteiger partial charge in [0.05, 0.1) is 17.2 Å². The van der Waals surface area contributed by atoms with Crippen LogP contribution in [0.5, 0.6) is 0 Å². The first-order valence-corrected chi connectivity index (χ1v) is 6.10. The van der Waals surface area contributed by atoms with E-state index in [4.69, 9.17) is 10.00 Å². The van der Waals surface area contributed by atoms with Crippen LogP contribution in [0, 0.1) is 11.3 Å². The number of rotatable bonds is 3. The van der Waals surface area contributed by atoms with E-state index in [0.717, 1.165) is 12.1 Å². The summed E-state index contributed by atoms with van der Waals surface area (Å²) < 4.78 is 42.1. The first-order chi connectivity index (χ1) is 10.4. The number of nitriles is 1. The Bertz CT molecular complexity index is 719. The second kappa shape index (κ2) is 6.26. The van der Waals surface area contributed by atoms with Crippen molar-refractivity contribution < 1.29 is 22.7 Å². The van der Waals surface area contributed by atoms with E-state index in [1.165, 1.54) is 0 Å². The van der Waals surface area contributed by atoms with Crippen molar-refractivity contribution >= 4 is 5.97 Å². The molecule has 1 heterocycles. The topological polar surface area (TPSA) is 63.0 Å². The van der Waals surface area contributed by atoms with Gasteiger partial charge in [0.15, 0.2) is 0 Å². The molecule has 0 spiro atoms. The maximum atomic E-state index is 12.4. The maximum Gasteiger partial charge on any atom is 0.417 e. The Hall–Kier alpha value is -2.88. The smallest absolute Gasteiger partial charge is 0.417 e. The molecule has 0 saturated carbocycles. The van der Waals surface area contributed by atoms with Gasteiger partial charge in [0, 0.05) is 11.8 Å². The van der Waals surface area contributed by atoms with Crippen molar-refractivity contribution in [3.63, 3.8) is 0 Å². The molecule has 0 aliphatic rings. The number of aromatic nitrogens is 1. The minimum atomic E-state index is -4.51. The van der Waals surface area contributed by atoms with Crippen LogP contribution in [0.4, 0.5) is 13.2 Å². The second-order valence-corrected chi connectivity index (χ2v) is 4.27. The summed E-state index contributed by atoms with van der Waals surface area (Å²) >= 11 is 0. The molecule has 22 heavy (non-hydrogen) atoms. The molecule has 0 saturated heterocycles. The van der Waals surface area contributed by atoms with Crippen LogP contribution in [-0.2, 0) is 17.5 Å². The lowest BCUT2D eigenvalue weighted by Crippen LogP contribution is -2.10. The van der Waals surface area contributed by atoms with E-state index in [0.29, 0.717) is 17.3 Å². The average molecular weight is 306 g/mol. The van der Waals surface area contributed by atoms with Crippen LogP contribution in [0.3, 0.4) is 0 Å². The third kappa shape index (κ3) is 3.61. The number of benzene rings is 1. The molecule has 0 unspecified atom stereocenters. The zero-order chi connectivity index (χ0) is 16.2. The molecule has 0 bridgehead atoms. The number of esters is 1. The summed E-state index contributed by atoms with van der Waals surface area (Å²) in [5.74, 6) is -0.860. The molecule has 1 aromatic heterocycles. The van der Waals surface area contributed by atoms with Crippen LogP contribution in [0.1, 0.15) is 27.2 Å². The van der Waals surface area contributed by atoms with Crippen LogP contribution in [0.2, 0.25) is 0 Å². The second-order valence-electron chi connectivity index (χ2n) is 4.27. The Kier molecular flexibility index (Phi) is 4.41. The van der Waals surface area contributed by atoms with E-state index in [2.05, 4.69) is 4.98 Å². The Morgan fingerprint density at radius 3 is 2.55 bits per heavy atom. The van der Waals surface area contributed by atoms with Crippen molar-refractivity contribution in [2.75, 3.05) is 0 Å². The number of hydrogen-bond acceptors (Lipinski definition) is 4.